The molecule has 1 nitrogen and oxygen atoms in total. The van der Waals surface area contributed by atoms with Crippen LogP contribution >= 0.6 is 11.6 Å². The van der Waals surface area contributed by atoms with E-state index in [0.29, 0.717) is 17.8 Å². The first kappa shape index (κ1) is 21.1. The van der Waals surface area contributed by atoms with Crippen molar-refractivity contribution in [1.82, 2.24) is 0 Å². The van der Waals surface area contributed by atoms with Gasteiger partial charge in [-0.2, -0.15) is 0 Å². The van der Waals surface area contributed by atoms with Crippen molar-refractivity contribution in [2.45, 2.75) is 41.0 Å². The van der Waals surface area contributed by atoms with Crippen molar-refractivity contribution in [3.8, 4) is 0 Å². The van der Waals surface area contributed by atoms with E-state index in [1.165, 1.54) is 6.07 Å². The summed E-state index contributed by atoms with van der Waals surface area (Å²) < 4.78 is 14.2. The third-order valence-electron chi connectivity index (χ3n) is 3.61. The second-order valence-corrected chi connectivity index (χ2v) is 5.95. The summed E-state index contributed by atoms with van der Waals surface area (Å²) >= 11 is 6.16. The van der Waals surface area contributed by atoms with Gasteiger partial charge in [0.1, 0.15) is 5.82 Å². The van der Waals surface area contributed by atoms with E-state index in [9.17, 15) is 4.39 Å². The van der Waals surface area contributed by atoms with Gasteiger partial charge in [-0.15, -0.1) is 0 Å². The fourth-order valence-corrected chi connectivity index (χ4v) is 2.48. The molecule has 0 atom stereocenters. The van der Waals surface area contributed by atoms with Gasteiger partial charge in [0.05, 0.1) is 5.71 Å². The number of rotatable bonds is 5. The molecule has 0 saturated heterocycles. The fraction of sp³-hybridized carbons (Fsp3) is 0.318. The highest BCUT2D eigenvalue weighted by molar-refractivity contribution is 6.31. The Hall–Kier alpha value is -1.93. The molecule has 2 aromatic carbocycles. The minimum Gasteiger partial charge on any atom is -0.285 e. The van der Waals surface area contributed by atoms with E-state index in [1.807, 2.05) is 64.1 Å². The molecule has 0 radical (unpaired) electrons. The molecule has 3 heteroatoms. The molecule has 2 aromatic rings. The summed E-state index contributed by atoms with van der Waals surface area (Å²) in [5.41, 5.74) is 4.12. The van der Waals surface area contributed by atoms with Gasteiger partial charge in [-0.05, 0) is 55.2 Å². The number of benzene rings is 2. The maximum Gasteiger partial charge on any atom is 0.132 e. The van der Waals surface area contributed by atoms with Gasteiger partial charge >= 0.3 is 0 Å². The third-order valence-corrected chi connectivity index (χ3v) is 4.02. The van der Waals surface area contributed by atoms with E-state index in [0.717, 1.165) is 28.1 Å². The molecule has 0 aliphatic rings. The minimum atomic E-state index is -0.244. The first-order valence-corrected chi connectivity index (χ1v) is 9.15. The van der Waals surface area contributed by atoms with Crippen LogP contribution in [-0.4, -0.2) is 12.3 Å². The topological polar surface area (TPSA) is 12.4 Å². The van der Waals surface area contributed by atoms with Crippen LogP contribution in [-0.2, 0) is 0 Å². The Morgan fingerprint density at radius 3 is 2.44 bits per heavy atom. The molecular formula is C22H27ClFN. The summed E-state index contributed by atoms with van der Waals surface area (Å²) in [7, 11) is 0. The molecule has 0 heterocycles. The van der Waals surface area contributed by atoms with Gasteiger partial charge in [-0.25, -0.2) is 4.39 Å². The smallest absolute Gasteiger partial charge is 0.132 e. The molecule has 0 N–H and O–H groups in total. The first-order valence-electron chi connectivity index (χ1n) is 8.77. The van der Waals surface area contributed by atoms with Crippen LogP contribution in [0.1, 0.15) is 49.4 Å². The molecule has 0 aliphatic carbocycles. The number of allylic oxidation sites excluding steroid dienone is 1. The Morgan fingerprint density at radius 1 is 1.12 bits per heavy atom. The minimum absolute atomic E-state index is 0.244. The normalized spacial score (nSPS) is 11.4. The summed E-state index contributed by atoms with van der Waals surface area (Å²) in [6.07, 6.45) is 4.70. The van der Waals surface area contributed by atoms with Crippen LogP contribution in [0.4, 0.5) is 4.39 Å². The molecule has 0 unspecified atom stereocenters. The highest BCUT2D eigenvalue weighted by Gasteiger charge is 2.10. The summed E-state index contributed by atoms with van der Waals surface area (Å²) in [5, 5.41) is 0.723. The molecule has 0 aliphatic heterocycles. The zero-order valence-electron chi connectivity index (χ0n) is 15.7. The van der Waals surface area contributed by atoms with Gasteiger partial charge in [0.25, 0.3) is 0 Å². The Kier molecular flexibility index (Phi) is 9.15. The summed E-state index contributed by atoms with van der Waals surface area (Å²) in [5.74, 6) is -0.244. The van der Waals surface area contributed by atoms with E-state index in [4.69, 9.17) is 11.6 Å². The van der Waals surface area contributed by atoms with Gasteiger partial charge in [0.15, 0.2) is 0 Å². The fourth-order valence-electron chi connectivity index (χ4n) is 2.29. The standard InChI is InChI=1S/C20H21ClFN.C2H6/c1-4-12-23-19(20-15(3)6-5-7-18(20)22)11-10-16-9-8-14(2)17(21)13-16;1-2/h5-11,13H,4,12H2,1-3H3;1-2H3/b11-10+,23-19?;. The predicted octanol–water partition coefficient (Wildman–Crippen LogP) is 7.03. The van der Waals surface area contributed by atoms with Crippen molar-refractivity contribution in [3.05, 3.63) is 75.6 Å². The lowest BCUT2D eigenvalue weighted by molar-refractivity contribution is 0.624. The summed E-state index contributed by atoms with van der Waals surface area (Å²) in [4.78, 5) is 4.55. The summed E-state index contributed by atoms with van der Waals surface area (Å²) in [6, 6.07) is 11.0. The van der Waals surface area contributed by atoms with E-state index in [-0.39, 0.29) is 5.82 Å². The lowest BCUT2D eigenvalue weighted by atomic mass is 10.0. The van der Waals surface area contributed by atoms with Crippen LogP contribution in [0, 0.1) is 19.7 Å². The lowest BCUT2D eigenvalue weighted by Crippen LogP contribution is -2.04. The molecule has 0 bridgehead atoms. The van der Waals surface area contributed by atoms with Crippen molar-refractivity contribution < 1.29 is 4.39 Å². The van der Waals surface area contributed by atoms with Gasteiger partial charge in [0.2, 0.25) is 0 Å². The van der Waals surface area contributed by atoms with Crippen molar-refractivity contribution in [2.75, 3.05) is 6.54 Å². The Balaban J connectivity index is 0.00000151. The molecule has 25 heavy (non-hydrogen) atoms. The molecule has 134 valence electrons. The van der Waals surface area contributed by atoms with E-state index < -0.39 is 0 Å². The largest absolute Gasteiger partial charge is 0.285 e. The number of aryl methyl sites for hydroxylation is 2. The zero-order chi connectivity index (χ0) is 18.8. The van der Waals surface area contributed by atoms with Crippen molar-refractivity contribution in [2.24, 2.45) is 4.99 Å². The van der Waals surface area contributed by atoms with Gasteiger partial charge in [-0.1, -0.05) is 62.7 Å². The van der Waals surface area contributed by atoms with Crippen LogP contribution < -0.4 is 0 Å². The SMILES string of the molecule is CC.CCCN=C(/C=C/c1ccc(C)c(Cl)c1)c1c(C)cccc1F. The molecule has 0 saturated carbocycles. The highest BCUT2D eigenvalue weighted by atomic mass is 35.5. The van der Waals surface area contributed by atoms with E-state index in [1.54, 1.807) is 6.07 Å². The first-order chi connectivity index (χ1) is 12.0. The van der Waals surface area contributed by atoms with E-state index in [2.05, 4.69) is 11.9 Å². The number of hydrogen-bond donors (Lipinski definition) is 0. The van der Waals surface area contributed by atoms with Crippen LogP contribution in [0.3, 0.4) is 0 Å². The quantitative estimate of drug-likeness (QED) is 0.508. The van der Waals surface area contributed by atoms with Gasteiger partial charge in [-0.3, -0.25) is 4.99 Å². The molecule has 0 fully saturated rings. The number of aliphatic imine (C=N–C) groups is 1. The van der Waals surface area contributed by atoms with Crippen LogP contribution in [0.5, 0.6) is 0 Å². The lowest BCUT2D eigenvalue weighted by Gasteiger charge is -2.08. The second kappa shape index (κ2) is 10.8. The second-order valence-electron chi connectivity index (χ2n) is 5.54. The zero-order valence-corrected chi connectivity index (χ0v) is 16.5. The highest BCUT2D eigenvalue weighted by Crippen LogP contribution is 2.19. The molecule has 0 spiro atoms. The average molecular weight is 360 g/mol. The maximum absolute atomic E-state index is 14.2. The summed E-state index contributed by atoms with van der Waals surface area (Å²) in [6.45, 7) is 10.6. The average Bonchev–Trinajstić information content (AvgIpc) is 2.61. The van der Waals surface area contributed by atoms with Gasteiger partial charge in [0, 0.05) is 17.1 Å². The van der Waals surface area contributed by atoms with Crippen molar-refractivity contribution >= 4 is 23.4 Å². The molecular weight excluding hydrogens is 333 g/mol. The monoisotopic (exact) mass is 359 g/mol. The Morgan fingerprint density at radius 2 is 1.84 bits per heavy atom. The number of nitrogens with zero attached hydrogens (tertiary/aromatic N) is 1. The molecule has 0 amide bonds. The van der Waals surface area contributed by atoms with Crippen molar-refractivity contribution in [1.29, 1.82) is 0 Å². The van der Waals surface area contributed by atoms with Gasteiger partial charge < -0.3 is 0 Å². The maximum atomic E-state index is 14.2. The molecule has 2 rings (SSSR count). The third kappa shape index (κ3) is 6.13. The van der Waals surface area contributed by atoms with Crippen LogP contribution in [0.15, 0.2) is 47.5 Å². The number of halogens is 2. The van der Waals surface area contributed by atoms with Crippen molar-refractivity contribution in [3.63, 3.8) is 0 Å². The van der Waals surface area contributed by atoms with Crippen LogP contribution in [0.2, 0.25) is 5.02 Å². The van der Waals surface area contributed by atoms with E-state index >= 15 is 0 Å². The number of hydrogen-bond acceptors (Lipinski definition) is 1. The molecule has 0 aromatic heterocycles. The Bertz CT molecular complexity index is 727. The Labute approximate surface area is 156 Å². The van der Waals surface area contributed by atoms with Crippen LogP contribution in [0.25, 0.3) is 6.08 Å². The predicted molar refractivity (Wildman–Crippen MR) is 109 cm³/mol.